The zero-order chi connectivity index (χ0) is 11.0. The number of fused-ring (bicyclic) bond motifs is 2. The number of rotatable bonds is 0. The molecule has 3 heteroatoms. The lowest BCUT2D eigenvalue weighted by Crippen LogP contribution is -2.10. The number of imidazole rings is 1. The molecule has 0 radical (unpaired) electrons. The summed E-state index contributed by atoms with van der Waals surface area (Å²) in [6, 6.07) is 8.01. The molecule has 2 heterocycles. The predicted octanol–water partition coefficient (Wildman–Crippen LogP) is 2.10. The van der Waals surface area contributed by atoms with Crippen molar-refractivity contribution in [2.24, 2.45) is 11.8 Å². The minimum atomic E-state index is 0.973. The normalized spacial score (nSPS) is 26.1. The van der Waals surface area contributed by atoms with Crippen LogP contribution in [0.15, 0.2) is 24.3 Å². The zero-order valence-electron chi connectivity index (χ0n) is 9.53. The van der Waals surface area contributed by atoms with Crippen molar-refractivity contribution in [3.8, 4) is 0 Å². The molecule has 0 amide bonds. The first-order valence-corrected chi connectivity index (χ1v) is 5.95. The third kappa shape index (κ3) is 1.95. The van der Waals surface area contributed by atoms with E-state index >= 15 is 0 Å². The molecule has 1 aliphatic carbocycles. The summed E-state index contributed by atoms with van der Waals surface area (Å²) in [7, 11) is 0. The molecule has 4 rings (SSSR count). The van der Waals surface area contributed by atoms with E-state index in [0.717, 1.165) is 28.7 Å². The van der Waals surface area contributed by atoms with Gasteiger partial charge in [-0.25, -0.2) is 4.98 Å². The van der Waals surface area contributed by atoms with E-state index in [2.05, 4.69) is 15.3 Å². The molecule has 1 aromatic heterocycles. The number of aromatic nitrogens is 2. The zero-order valence-corrected chi connectivity index (χ0v) is 9.53. The number of piperidine rings is 1. The van der Waals surface area contributed by atoms with Crippen molar-refractivity contribution in [3.05, 3.63) is 30.1 Å². The molecule has 2 aliphatic rings. The number of aromatic amines is 1. The second-order valence-corrected chi connectivity index (χ2v) is 4.75. The average molecular weight is 215 g/mol. The highest BCUT2D eigenvalue weighted by Gasteiger charge is 2.40. The maximum atomic E-state index is 4.26. The van der Waals surface area contributed by atoms with Crippen LogP contribution in [0.1, 0.15) is 12.2 Å². The SMILES string of the molecule is C1NCC2CC12.Cc1nc2ccccc2[nH]1. The van der Waals surface area contributed by atoms with E-state index in [4.69, 9.17) is 0 Å². The minimum Gasteiger partial charge on any atom is -0.342 e. The van der Waals surface area contributed by atoms with Gasteiger partial charge in [0, 0.05) is 0 Å². The van der Waals surface area contributed by atoms with Gasteiger partial charge in [0.25, 0.3) is 0 Å². The van der Waals surface area contributed by atoms with Gasteiger partial charge in [-0.05, 0) is 50.4 Å². The first-order chi connectivity index (χ1) is 7.83. The van der Waals surface area contributed by atoms with Crippen molar-refractivity contribution in [3.63, 3.8) is 0 Å². The maximum absolute atomic E-state index is 4.26. The van der Waals surface area contributed by atoms with Crippen LogP contribution in [0.5, 0.6) is 0 Å². The highest BCUT2D eigenvalue weighted by atomic mass is 14.9. The number of para-hydroxylation sites is 2. The number of nitrogens with zero attached hydrogens (tertiary/aromatic N) is 1. The van der Waals surface area contributed by atoms with Gasteiger partial charge in [-0.2, -0.15) is 0 Å². The number of hydrogen-bond acceptors (Lipinski definition) is 2. The van der Waals surface area contributed by atoms with E-state index in [-0.39, 0.29) is 0 Å². The molecule has 1 saturated heterocycles. The third-order valence-electron chi connectivity index (χ3n) is 3.39. The summed E-state index contributed by atoms with van der Waals surface area (Å²) in [6.45, 7) is 4.58. The van der Waals surface area contributed by atoms with E-state index in [1.165, 1.54) is 19.5 Å². The fourth-order valence-electron chi connectivity index (χ4n) is 2.34. The van der Waals surface area contributed by atoms with E-state index in [0.29, 0.717) is 0 Å². The predicted molar refractivity (Wildman–Crippen MR) is 65.3 cm³/mol. The van der Waals surface area contributed by atoms with Crippen molar-refractivity contribution in [2.75, 3.05) is 13.1 Å². The Morgan fingerprint density at radius 2 is 1.94 bits per heavy atom. The summed E-state index contributed by atoms with van der Waals surface area (Å²) < 4.78 is 0. The molecule has 1 saturated carbocycles. The average Bonchev–Trinajstić information content (AvgIpc) is 2.74. The van der Waals surface area contributed by atoms with E-state index in [1.54, 1.807) is 0 Å². The number of aryl methyl sites for hydroxylation is 1. The third-order valence-corrected chi connectivity index (χ3v) is 3.39. The van der Waals surface area contributed by atoms with Gasteiger partial charge in [0.05, 0.1) is 11.0 Å². The van der Waals surface area contributed by atoms with Crippen LogP contribution >= 0.6 is 0 Å². The van der Waals surface area contributed by atoms with Crippen molar-refractivity contribution in [1.82, 2.24) is 15.3 Å². The smallest absolute Gasteiger partial charge is 0.104 e. The second kappa shape index (κ2) is 3.91. The fourth-order valence-corrected chi connectivity index (χ4v) is 2.34. The van der Waals surface area contributed by atoms with E-state index in [1.807, 2.05) is 31.2 Å². The molecular weight excluding hydrogens is 198 g/mol. The van der Waals surface area contributed by atoms with Gasteiger partial charge < -0.3 is 10.3 Å². The Labute approximate surface area is 95.3 Å². The Hall–Kier alpha value is -1.35. The summed E-state index contributed by atoms with van der Waals surface area (Å²) in [4.78, 5) is 7.40. The molecule has 0 spiro atoms. The highest BCUT2D eigenvalue weighted by Crippen LogP contribution is 2.40. The van der Waals surface area contributed by atoms with Crippen molar-refractivity contribution < 1.29 is 0 Å². The van der Waals surface area contributed by atoms with Gasteiger partial charge in [-0.3, -0.25) is 0 Å². The molecule has 0 bridgehead atoms. The maximum Gasteiger partial charge on any atom is 0.104 e. The topological polar surface area (TPSA) is 40.7 Å². The van der Waals surface area contributed by atoms with Gasteiger partial charge >= 0.3 is 0 Å². The minimum absolute atomic E-state index is 0.973. The van der Waals surface area contributed by atoms with Crippen LogP contribution in [-0.2, 0) is 0 Å². The van der Waals surface area contributed by atoms with Gasteiger partial charge in [0.2, 0.25) is 0 Å². The Bertz CT molecular complexity index is 448. The van der Waals surface area contributed by atoms with Crippen LogP contribution in [0, 0.1) is 18.8 Å². The van der Waals surface area contributed by atoms with Crippen molar-refractivity contribution in [2.45, 2.75) is 13.3 Å². The number of H-pyrrole nitrogens is 1. The van der Waals surface area contributed by atoms with Gasteiger partial charge in [0.1, 0.15) is 5.82 Å². The van der Waals surface area contributed by atoms with Crippen LogP contribution in [0.2, 0.25) is 0 Å². The summed E-state index contributed by atoms with van der Waals surface area (Å²) in [5, 5.41) is 3.32. The lowest BCUT2D eigenvalue weighted by molar-refractivity contribution is 0.732. The molecule has 1 aromatic carbocycles. The van der Waals surface area contributed by atoms with Crippen molar-refractivity contribution in [1.29, 1.82) is 0 Å². The van der Waals surface area contributed by atoms with Crippen LogP contribution in [-0.4, -0.2) is 23.1 Å². The summed E-state index contributed by atoms with van der Waals surface area (Å²) in [6.07, 6.45) is 1.52. The van der Waals surface area contributed by atoms with Gasteiger partial charge in [-0.15, -0.1) is 0 Å². The van der Waals surface area contributed by atoms with Gasteiger partial charge in [0.15, 0.2) is 0 Å². The van der Waals surface area contributed by atoms with Crippen LogP contribution in [0.3, 0.4) is 0 Å². The lowest BCUT2D eigenvalue weighted by Gasteiger charge is -1.87. The molecule has 2 fully saturated rings. The lowest BCUT2D eigenvalue weighted by atomic mass is 10.3. The molecule has 1 aliphatic heterocycles. The Morgan fingerprint density at radius 1 is 1.19 bits per heavy atom. The number of hydrogen-bond donors (Lipinski definition) is 2. The fraction of sp³-hybridized carbons (Fsp3) is 0.462. The number of benzene rings is 1. The van der Waals surface area contributed by atoms with E-state index < -0.39 is 0 Å². The molecule has 16 heavy (non-hydrogen) atoms. The Balaban J connectivity index is 0.000000114. The molecular formula is C13H17N3. The van der Waals surface area contributed by atoms with E-state index in [9.17, 15) is 0 Å². The Kier molecular flexibility index (Phi) is 2.40. The first kappa shape index (κ1) is 9.85. The highest BCUT2D eigenvalue weighted by molar-refractivity contribution is 5.74. The standard InChI is InChI=1S/C8H8N2.C5H9N/c1-6-9-7-4-2-3-5-8(7)10-6;1-4-2-6-3-5(1)4/h2-5H,1H3,(H,9,10);4-6H,1-3H2. The first-order valence-electron chi connectivity index (χ1n) is 5.95. The Morgan fingerprint density at radius 3 is 2.50 bits per heavy atom. The largest absolute Gasteiger partial charge is 0.342 e. The quantitative estimate of drug-likeness (QED) is 0.706. The summed E-state index contributed by atoms with van der Waals surface area (Å²) >= 11 is 0. The molecule has 2 atom stereocenters. The molecule has 2 N–H and O–H groups in total. The van der Waals surface area contributed by atoms with Crippen molar-refractivity contribution >= 4 is 11.0 Å². The van der Waals surface area contributed by atoms with Crippen LogP contribution in [0.4, 0.5) is 0 Å². The molecule has 2 aromatic rings. The van der Waals surface area contributed by atoms with Crippen LogP contribution < -0.4 is 5.32 Å². The van der Waals surface area contributed by atoms with Gasteiger partial charge in [-0.1, -0.05) is 12.1 Å². The summed E-state index contributed by atoms with van der Waals surface area (Å²) in [5.74, 6) is 3.18. The molecule has 84 valence electrons. The number of nitrogens with one attached hydrogen (secondary N) is 2. The second-order valence-electron chi connectivity index (χ2n) is 4.75. The monoisotopic (exact) mass is 215 g/mol. The van der Waals surface area contributed by atoms with Crippen LogP contribution in [0.25, 0.3) is 11.0 Å². The summed E-state index contributed by atoms with van der Waals surface area (Å²) in [5.41, 5.74) is 2.15. The molecule has 2 unspecified atom stereocenters. The molecule has 3 nitrogen and oxygen atoms in total.